The lowest BCUT2D eigenvalue weighted by atomic mass is 10.2. The summed E-state index contributed by atoms with van der Waals surface area (Å²) < 4.78 is 9.37. The largest absolute Gasteiger partial charge is 0.508 e. The molecule has 0 saturated heterocycles. The highest BCUT2D eigenvalue weighted by Gasteiger charge is 2.05. The topological polar surface area (TPSA) is 55.8 Å². The van der Waals surface area contributed by atoms with Gasteiger partial charge in [-0.1, -0.05) is 30.3 Å². The first-order chi connectivity index (χ1) is 8.47. The van der Waals surface area contributed by atoms with Crippen LogP contribution >= 0.6 is 0 Å². The third-order valence-electron chi connectivity index (χ3n) is 1.97. The number of benzene rings is 1. The Kier molecular flexibility index (Phi) is 5.35. The van der Waals surface area contributed by atoms with E-state index >= 15 is 0 Å². The number of carbonyl (C=O) groups excluding carboxylic acids is 1. The minimum absolute atomic E-state index is 0.0653. The molecule has 5 heteroatoms. The van der Waals surface area contributed by atoms with E-state index in [0.29, 0.717) is 0 Å². The number of hydroxylamine groups is 3. The molecule has 18 heavy (non-hydrogen) atoms. The van der Waals surface area contributed by atoms with Gasteiger partial charge in [0.05, 0.1) is 0 Å². The second-order valence-electron chi connectivity index (χ2n) is 4.20. The van der Waals surface area contributed by atoms with Crippen LogP contribution in [-0.4, -0.2) is 36.7 Å². The normalized spacial score (nSPS) is 11.5. The molecule has 0 saturated carbocycles. The molecule has 98 valence electrons. The van der Waals surface area contributed by atoms with Crippen LogP contribution in [0.25, 0.3) is 0 Å². The zero-order valence-corrected chi connectivity index (χ0v) is 10.6. The molecule has 0 aromatic heterocycles. The molecule has 0 fully saturated rings. The van der Waals surface area contributed by atoms with Crippen LogP contribution in [-0.2, 0) is 16.1 Å². The number of rotatable bonds is 5. The molecule has 0 aliphatic carbocycles. The highest BCUT2D eigenvalue weighted by atomic mass is 16.7. The first kappa shape index (κ1) is 14.2. The van der Waals surface area contributed by atoms with Gasteiger partial charge in [-0.15, -0.1) is 0 Å². The molecule has 1 aromatic rings. The lowest BCUT2D eigenvalue weighted by Gasteiger charge is -2.12. The minimum Gasteiger partial charge on any atom is -0.430 e. The second-order valence-corrected chi connectivity index (χ2v) is 4.20. The maximum Gasteiger partial charge on any atom is 0.508 e. The van der Waals surface area contributed by atoms with Crippen LogP contribution in [0, 0.1) is 0 Å². The number of nitrogens with zero attached hydrogens (tertiary/aromatic N) is 1. The zero-order chi connectivity index (χ0) is 13.4. The van der Waals surface area contributed by atoms with E-state index in [0.717, 1.165) is 5.56 Å². The number of ether oxygens (including phenoxy) is 2. The van der Waals surface area contributed by atoms with Crippen molar-refractivity contribution >= 4 is 6.16 Å². The summed E-state index contributed by atoms with van der Waals surface area (Å²) in [7, 11) is 3.15. The number of carbonyl (C=O) groups is 1. The van der Waals surface area contributed by atoms with Crippen molar-refractivity contribution in [3.05, 3.63) is 48.2 Å². The van der Waals surface area contributed by atoms with Gasteiger partial charge in [0.15, 0.2) is 0 Å². The van der Waals surface area contributed by atoms with Gasteiger partial charge < -0.3 is 9.47 Å². The first-order valence-electron chi connectivity index (χ1n) is 5.55. The summed E-state index contributed by atoms with van der Waals surface area (Å²) in [4.78, 5) is 11.2. The van der Waals surface area contributed by atoms with Crippen LogP contribution in [0.3, 0.4) is 0 Å². The van der Waals surface area contributed by atoms with E-state index < -0.39 is 6.16 Å². The summed E-state index contributed by atoms with van der Waals surface area (Å²) in [5.41, 5.74) is 0.901. The van der Waals surface area contributed by atoms with Gasteiger partial charge in [0.2, 0.25) is 0 Å². The molecule has 1 aromatic carbocycles. The van der Waals surface area contributed by atoms with Crippen molar-refractivity contribution in [1.29, 1.82) is 0 Å². The lowest BCUT2D eigenvalue weighted by molar-refractivity contribution is -1.03. The third kappa shape index (κ3) is 6.67. The van der Waals surface area contributed by atoms with Crippen LogP contribution in [0.4, 0.5) is 4.79 Å². The van der Waals surface area contributed by atoms with Crippen LogP contribution < -0.4 is 0 Å². The van der Waals surface area contributed by atoms with E-state index in [-0.39, 0.29) is 17.9 Å². The fourth-order valence-electron chi connectivity index (χ4n) is 1.18. The number of quaternary nitrogens is 1. The summed E-state index contributed by atoms with van der Waals surface area (Å²) in [6, 6.07) is 9.35. The fraction of sp³-hybridized carbons (Fsp3) is 0.308. The minimum atomic E-state index is -0.730. The molecule has 5 nitrogen and oxygen atoms in total. The van der Waals surface area contributed by atoms with E-state index in [1.807, 2.05) is 30.3 Å². The standard InChI is InChI=1S/C13H18NO4/c1-14(2,16)9-6-10-17-13(15)18-11-12-7-4-3-5-8-12/h3-9,16H,10-11H2,1-2H3/q+1/b9-6+. The molecule has 0 amide bonds. The zero-order valence-electron chi connectivity index (χ0n) is 10.6. The molecule has 1 N–H and O–H groups in total. The van der Waals surface area contributed by atoms with Crippen LogP contribution in [0.15, 0.2) is 42.6 Å². The Labute approximate surface area is 106 Å². The van der Waals surface area contributed by atoms with E-state index in [9.17, 15) is 10.0 Å². The van der Waals surface area contributed by atoms with Crippen molar-refractivity contribution in [3.8, 4) is 0 Å². The lowest BCUT2D eigenvalue weighted by Crippen LogP contribution is -2.27. The molecule has 0 atom stereocenters. The monoisotopic (exact) mass is 252 g/mol. The molecule has 0 spiro atoms. The summed E-state index contributed by atoms with van der Waals surface area (Å²) in [5, 5.41) is 9.31. The van der Waals surface area contributed by atoms with Gasteiger partial charge in [-0.25, -0.2) is 10.0 Å². The maximum atomic E-state index is 11.2. The summed E-state index contributed by atoms with van der Waals surface area (Å²) in [6.45, 7) is 0.251. The van der Waals surface area contributed by atoms with Gasteiger partial charge in [-0.3, -0.25) is 0 Å². The average molecular weight is 252 g/mol. The van der Waals surface area contributed by atoms with Crippen molar-refractivity contribution in [2.75, 3.05) is 20.7 Å². The summed E-state index contributed by atoms with van der Waals surface area (Å²) in [6.07, 6.45) is 2.31. The van der Waals surface area contributed by atoms with Crippen molar-refractivity contribution in [3.63, 3.8) is 0 Å². The molecule has 0 unspecified atom stereocenters. The third-order valence-corrected chi connectivity index (χ3v) is 1.97. The van der Waals surface area contributed by atoms with Crippen LogP contribution in [0.2, 0.25) is 0 Å². The Morgan fingerprint density at radius 1 is 1.28 bits per heavy atom. The van der Waals surface area contributed by atoms with Gasteiger partial charge in [0, 0.05) is 6.08 Å². The Morgan fingerprint density at radius 3 is 2.56 bits per heavy atom. The SMILES string of the molecule is C[N+](C)(O)/C=C/COC(=O)OCc1ccccc1. The highest BCUT2D eigenvalue weighted by Crippen LogP contribution is 2.01. The van der Waals surface area contributed by atoms with Crippen molar-refractivity contribution in [2.24, 2.45) is 0 Å². The van der Waals surface area contributed by atoms with E-state index in [1.165, 1.54) is 6.20 Å². The average Bonchev–Trinajstić information content (AvgIpc) is 2.32. The summed E-state index contributed by atoms with van der Waals surface area (Å²) >= 11 is 0. The molecular formula is C13H18NO4+. The predicted octanol–water partition coefficient (Wildman–Crippen LogP) is 2.32. The first-order valence-corrected chi connectivity index (χ1v) is 5.55. The van der Waals surface area contributed by atoms with Crippen molar-refractivity contribution in [1.82, 2.24) is 0 Å². The van der Waals surface area contributed by atoms with Gasteiger partial charge in [-0.05, 0) is 5.56 Å². The molecule has 0 radical (unpaired) electrons. The van der Waals surface area contributed by atoms with Gasteiger partial charge in [-0.2, -0.15) is 4.65 Å². The molecule has 0 aliphatic heterocycles. The molecule has 0 bridgehead atoms. The Hall–Kier alpha value is -1.85. The predicted molar refractivity (Wildman–Crippen MR) is 65.6 cm³/mol. The van der Waals surface area contributed by atoms with Gasteiger partial charge in [0.25, 0.3) is 0 Å². The quantitative estimate of drug-likeness (QED) is 0.496. The summed E-state index contributed by atoms with van der Waals surface area (Å²) in [5.74, 6) is 0. The number of hydrogen-bond donors (Lipinski definition) is 1. The Bertz CT molecular complexity index is 395. The van der Waals surface area contributed by atoms with E-state index in [1.54, 1.807) is 20.2 Å². The Balaban J connectivity index is 2.21. The van der Waals surface area contributed by atoms with Gasteiger partial charge in [0.1, 0.15) is 33.5 Å². The molecule has 0 heterocycles. The highest BCUT2D eigenvalue weighted by molar-refractivity contribution is 5.60. The van der Waals surface area contributed by atoms with Crippen molar-refractivity contribution < 1.29 is 24.1 Å². The Morgan fingerprint density at radius 2 is 1.94 bits per heavy atom. The maximum absolute atomic E-state index is 11.2. The molecule has 0 aliphatic rings. The molecular weight excluding hydrogens is 234 g/mol. The smallest absolute Gasteiger partial charge is 0.430 e. The number of hydrogen-bond acceptors (Lipinski definition) is 4. The molecule has 1 rings (SSSR count). The second kappa shape index (κ2) is 6.78. The fourth-order valence-corrected chi connectivity index (χ4v) is 1.18. The van der Waals surface area contributed by atoms with E-state index in [4.69, 9.17) is 9.47 Å². The van der Waals surface area contributed by atoms with Gasteiger partial charge >= 0.3 is 6.16 Å². The van der Waals surface area contributed by atoms with E-state index in [2.05, 4.69) is 0 Å². The van der Waals surface area contributed by atoms with Crippen molar-refractivity contribution in [2.45, 2.75) is 6.61 Å². The van der Waals surface area contributed by atoms with Crippen LogP contribution in [0.5, 0.6) is 0 Å². The van der Waals surface area contributed by atoms with Crippen LogP contribution in [0.1, 0.15) is 5.56 Å².